The normalized spacial score (nSPS) is 21.6. The number of carbonyl (C=O) groups is 1. The largest absolute Gasteiger partial charge is 0.383 e. The average Bonchev–Trinajstić information content (AvgIpc) is 3.43. The zero-order chi connectivity index (χ0) is 20.0. The summed E-state index contributed by atoms with van der Waals surface area (Å²) < 4.78 is 0. The molecule has 2 N–H and O–H groups in total. The number of nitrogen functional groups attached to an aromatic ring is 1. The zero-order valence-electron chi connectivity index (χ0n) is 16.4. The van der Waals surface area contributed by atoms with E-state index in [1.165, 1.54) is 33.5 Å². The summed E-state index contributed by atoms with van der Waals surface area (Å²) >= 11 is 4.89. The summed E-state index contributed by atoms with van der Waals surface area (Å²) in [5.41, 5.74) is 7.67. The molecule has 8 heteroatoms. The lowest BCUT2D eigenvalue weighted by atomic mass is 9.89. The van der Waals surface area contributed by atoms with Crippen LogP contribution in [-0.2, 0) is 17.6 Å². The highest BCUT2D eigenvalue weighted by molar-refractivity contribution is 7.99. The number of carbonyl (C=O) groups excluding carboxylic acids is 1. The first-order valence-corrected chi connectivity index (χ1v) is 12.8. The van der Waals surface area contributed by atoms with Crippen molar-refractivity contribution in [1.82, 2.24) is 14.9 Å². The first-order chi connectivity index (χ1) is 14.1. The Kier molecular flexibility index (Phi) is 5.26. The van der Waals surface area contributed by atoms with Crippen molar-refractivity contribution in [3.05, 3.63) is 32.8 Å². The summed E-state index contributed by atoms with van der Waals surface area (Å²) in [6.07, 6.45) is 5.48. The highest BCUT2D eigenvalue weighted by Gasteiger charge is 2.30. The number of thioether (sulfide) groups is 1. The topological polar surface area (TPSA) is 72.1 Å². The van der Waals surface area contributed by atoms with E-state index >= 15 is 0 Å². The van der Waals surface area contributed by atoms with Crippen molar-refractivity contribution in [2.24, 2.45) is 5.92 Å². The summed E-state index contributed by atoms with van der Waals surface area (Å²) in [4.78, 5) is 27.9. The van der Waals surface area contributed by atoms with Crippen LogP contribution in [0.2, 0.25) is 0 Å². The van der Waals surface area contributed by atoms with Gasteiger partial charge in [0, 0.05) is 16.3 Å². The van der Waals surface area contributed by atoms with Gasteiger partial charge in [-0.2, -0.15) is 0 Å². The number of thiophene rings is 2. The molecule has 5 nitrogen and oxygen atoms in total. The molecule has 1 fully saturated rings. The lowest BCUT2D eigenvalue weighted by molar-refractivity contribution is -0.129. The number of hydrogen-bond acceptors (Lipinski definition) is 7. The van der Waals surface area contributed by atoms with E-state index in [1.54, 1.807) is 22.7 Å². The van der Waals surface area contributed by atoms with Gasteiger partial charge in [0.15, 0.2) is 5.16 Å². The number of rotatable bonds is 4. The number of amides is 1. The molecule has 0 aromatic carbocycles. The van der Waals surface area contributed by atoms with Crippen LogP contribution >= 0.6 is 34.4 Å². The van der Waals surface area contributed by atoms with Gasteiger partial charge in [-0.15, -0.1) is 22.7 Å². The number of anilines is 1. The second-order valence-corrected chi connectivity index (χ2v) is 11.0. The number of likely N-dealkylation sites (tertiary alicyclic amines) is 1. The van der Waals surface area contributed by atoms with Crippen molar-refractivity contribution in [2.45, 2.75) is 50.2 Å². The molecule has 0 radical (unpaired) electrons. The minimum absolute atomic E-state index is 0.160. The third-order valence-electron chi connectivity index (χ3n) is 5.93. The maximum atomic E-state index is 12.9. The Morgan fingerprint density at radius 2 is 2.28 bits per heavy atom. The molecule has 3 aromatic rings. The van der Waals surface area contributed by atoms with Crippen molar-refractivity contribution in [3.8, 4) is 0 Å². The molecule has 1 aliphatic heterocycles. The number of aryl methyl sites for hydroxylation is 1. The molecule has 152 valence electrons. The Hall–Kier alpha value is -1.64. The first kappa shape index (κ1) is 19.3. The predicted molar refractivity (Wildman–Crippen MR) is 122 cm³/mol. The Labute approximate surface area is 182 Å². The lowest BCUT2D eigenvalue weighted by Gasteiger charge is -2.23. The fourth-order valence-corrected chi connectivity index (χ4v) is 7.52. The summed E-state index contributed by atoms with van der Waals surface area (Å²) in [5, 5.41) is 3.74. The Balaban J connectivity index is 1.32. The molecule has 3 aromatic heterocycles. The SMILES string of the molecule is CC1CCc2c(sc3nc(SCC(=O)N4CCCC4c4cccs4)nc(N)c23)C1. The molecule has 1 saturated heterocycles. The molecule has 0 spiro atoms. The van der Waals surface area contributed by atoms with Crippen molar-refractivity contribution >= 4 is 56.4 Å². The van der Waals surface area contributed by atoms with Crippen LogP contribution in [-0.4, -0.2) is 33.1 Å². The van der Waals surface area contributed by atoms with Gasteiger partial charge in [-0.1, -0.05) is 24.8 Å². The van der Waals surface area contributed by atoms with Crippen molar-refractivity contribution in [1.29, 1.82) is 0 Å². The van der Waals surface area contributed by atoms with Gasteiger partial charge in [0.2, 0.25) is 5.91 Å². The molecule has 2 unspecified atom stereocenters. The Bertz CT molecular complexity index is 1050. The van der Waals surface area contributed by atoms with Gasteiger partial charge >= 0.3 is 0 Å². The van der Waals surface area contributed by atoms with Crippen LogP contribution in [0.4, 0.5) is 5.82 Å². The third kappa shape index (κ3) is 3.66. The fraction of sp³-hybridized carbons (Fsp3) is 0.476. The molecule has 2 aliphatic rings. The predicted octanol–water partition coefficient (Wildman–Crippen LogP) is 4.92. The monoisotopic (exact) mass is 444 g/mol. The van der Waals surface area contributed by atoms with Gasteiger partial charge in [-0.3, -0.25) is 4.79 Å². The highest BCUT2D eigenvalue weighted by Crippen LogP contribution is 2.40. The van der Waals surface area contributed by atoms with Crippen molar-refractivity contribution in [3.63, 3.8) is 0 Å². The van der Waals surface area contributed by atoms with Gasteiger partial charge in [0.05, 0.1) is 17.2 Å². The minimum atomic E-state index is 0.160. The second-order valence-electron chi connectivity index (χ2n) is 7.97. The van der Waals surface area contributed by atoms with E-state index in [9.17, 15) is 4.79 Å². The molecular formula is C21H24N4OS3. The van der Waals surface area contributed by atoms with Gasteiger partial charge < -0.3 is 10.6 Å². The molecule has 2 atom stereocenters. The van der Waals surface area contributed by atoms with E-state index in [-0.39, 0.29) is 11.9 Å². The smallest absolute Gasteiger partial charge is 0.233 e. The van der Waals surface area contributed by atoms with E-state index < -0.39 is 0 Å². The van der Waals surface area contributed by atoms with E-state index in [2.05, 4.69) is 29.4 Å². The van der Waals surface area contributed by atoms with Crippen molar-refractivity contribution in [2.75, 3.05) is 18.0 Å². The van der Waals surface area contributed by atoms with Crippen LogP contribution in [0.25, 0.3) is 10.2 Å². The van der Waals surface area contributed by atoms with Crippen LogP contribution in [0.3, 0.4) is 0 Å². The van der Waals surface area contributed by atoms with Crippen LogP contribution in [0.15, 0.2) is 22.7 Å². The number of fused-ring (bicyclic) bond motifs is 3. The maximum absolute atomic E-state index is 12.9. The van der Waals surface area contributed by atoms with Gasteiger partial charge in [-0.25, -0.2) is 9.97 Å². The highest BCUT2D eigenvalue weighted by atomic mass is 32.2. The summed E-state index contributed by atoms with van der Waals surface area (Å²) in [5.74, 6) is 1.80. The van der Waals surface area contributed by atoms with Crippen LogP contribution < -0.4 is 5.73 Å². The Morgan fingerprint density at radius 3 is 3.10 bits per heavy atom. The summed E-state index contributed by atoms with van der Waals surface area (Å²) in [6.45, 7) is 3.14. The van der Waals surface area contributed by atoms with Gasteiger partial charge in [0.1, 0.15) is 10.6 Å². The van der Waals surface area contributed by atoms with E-state index in [0.717, 1.165) is 42.4 Å². The third-order valence-corrected chi connectivity index (χ3v) is 8.89. The van der Waals surface area contributed by atoms with E-state index in [1.807, 2.05) is 4.90 Å². The molecule has 29 heavy (non-hydrogen) atoms. The standard InChI is InChI=1S/C21H24N4OS3/c1-12-6-7-13-16(10-12)29-20-18(13)19(22)23-21(24-20)28-11-17(26)25-8-2-4-14(25)15-5-3-9-27-15/h3,5,9,12,14H,2,4,6-8,10-11H2,1H3,(H2,22,23,24). The van der Waals surface area contributed by atoms with Gasteiger partial charge in [-0.05, 0) is 55.0 Å². The van der Waals surface area contributed by atoms with E-state index in [4.69, 9.17) is 10.7 Å². The summed E-state index contributed by atoms with van der Waals surface area (Å²) in [7, 11) is 0. The maximum Gasteiger partial charge on any atom is 0.233 e. The average molecular weight is 445 g/mol. The summed E-state index contributed by atoms with van der Waals surface area (Å²) in [6, 6.07) is 4.41. The van der Waals surface area contributed by atoms with Crippen molar-refractivity contribution < 1.29 is 4.79 Å². The van der Waals surface area contributed by atoms with Crippen LogP contribution in [0.5, 0.6) is 0 Å². The number of aromatic nitrogens is 2. The van der Waals surface area contributed by atoms with Gasteiger partial charge in [0.25, 0.3) is 0 Å². The molecule has 5 rings (SSSR count). The molecule has 4 heterocycles. The van der Waals surface area contributed by atoms with E-state index in [0.29, 0.717) is 22.6 Å². The molecular weight excluding hydrogens is 420 g/mol. The number of nitrogens with two attached hydrogens (primary N) is 1. The minimum Gasteiger partial charge on any atom is -0.383 e. The second kappa shape index (κ2) is 7.89. The number of nitrogens with zero attached hydrogens (tertiary/aromatic N) is 3. The molecule has 0 bridgehead atoms. The molecule has 1 amide bonds. The first-order valence-electron chi connectivity index (χ1n) is 10.1. The molecule has 1 aliphatic carbocycles. The van der Waals surface area contributed by atoms with Crippen LogP contribution in [0, 0.1) is 5.92 Å². The zero-order valence-corrected chi connectivity index (χ0v) is 18.8. The van der Waals surface area contributed by atoms with Crippen LogP contribution in [0.1, 0.15) is 47.5 Å². The fourth-order valence-electron chi connectivity index (χ4n) is 4.47. The Morgan fingerprint density at radius 1 is 1.38 bits per heavy atom. The lowest BCUT2D eigenvalue weighted by Crippen LogP contribution is -2.31. The number of hydrogen-bond donors (Lipinski definition) is 1. The molecule has 0 saturated carbocycles. The quantitative estimate of drug-likeness (QED) is 0.457.